The third-order valence-electron chi connectivity index (χ3n) is 3.09. The van der Waals surface area contributed by atoms with Crippen molar-refractivity contribution in [2.75, 3.05) is 0 Å². The molecule has 0 radical (unpaired) electrons. The molecule has 0 fully saturated rings. The van der Waals surface area contributed by atoms with E-state index >= 15 is 0 Å². The standard InChI is InChI=1S/C16H10N2O/c17-10-11-1-3-12(4-2-11)16(19)14-5-6-15-13(9-14)7-8-18-15/h1-9,18H. The topological polar surface area (TPSA) is 56.6 Å². The maximum atomic E-state index is 12.3. The monoisotopic (exact) mass is 246 g/mol. The number of fused-ring (bicyclic) bond motifs is 1. The van der Waals surface area contributed by atoms with Gasteiger partial charge in [0.25, 0.3) is 0 Å². The third kappa shape index (κ3) is 2.00. The van der Waals surface area contributed by atoms with Crippen molar-refractivity contribution in [2.24, 2.45) is 0 Å². The van der Waals surface area contributed by atoms with Crippen LogP contribution in [0, 0.1) is 11.3 Å². The van der Waals surface area contributed by atoms with E-state index < -0.39 is 0 Å². The van der Waals surface area contributed by atoms with Crippen molar-refractivity contribution in [2.45, 2.75) is 0 Å². The zero-order valence-electron chi connectivity index (χ0n) is 10.1. The van der Waals surface area contributed by atoms with E-state index in [1.165, 1.54) is 0 Å². The molecule has 1 heterocycles. The minimum Gasteiger partial charge on any atom is -0.361 e. The second-order valence-electron chi connectivity index (χ2n) is 4.30. The van der Waals surface area contributed by atoms with Gasteiger partial charge >= 0.3 is 0 Å². The number of nitrogens with one attached hydrogen (secondary N) is 1. The molecule has 90 valence electrons. The Kier molecular flexibility index (Phi) is 2.62. The highest BCUT2D eigenvalue weighted by molar-refractivity contribution is 6.10. The summed E-state index contributed by atoms with van der Waals surface area (Å²) in [5, 5.41) is 9.75. The van der Waals surface area contributed by atoms with Gasteiger partial charge in [-0.05, 0) is 48.5 Å². The highest BCUT2D eigenvalue weighted by Gasteiger charge is 2.09. The summed E-state index contributed by atoms with van der Waals surface area (Å²) in [6.07, 6.45) is 1.85. The molecule has 0 atom stereocenters. The number of ketones is 1. The summed E-state index contributed by atoms with van der Waals surface area (Å²) in [7, 11) is 0. The van der Waals surface area contributed by atoms with Crippen LogP contribution in [0.25, 0.3) is 10.9 Å². The Hall–Kier alpha value is -2.86. The number of aromatic amines is 1. The molecule has 0 aliphatic heterocycles. The van der Waals surface area contributed by atoms with Crippen LogP contribution in [-0.2, 0) is 0 Å². The SMILES string of the molecule is N#Cc1ccc(C(=O)c2ccc3[nH]ccc3c2)cc1. The lowest BCUT2D eigenvalue weighted by Gasteiger charge is -2.01. The number of hydrogen-bond acceptors (Lipinski definition) is 2. The molecule has 1 aromatic heterocycles. The number of benzene rings is 2. The number of H-pyrrole nitrogens is 1. The van der Waals surface area contributed by atoms with Crippen molar-refractivity contribution in [3.05, 3.63) is 71.4 Å². The summed E-state index contributed by atoms with van der Waals surface area (Å²) in [5.41, 5.74) is 2.81. The Morgan fingerprint density at radius 1 is 1.00 bits per heavy atom. The Balaban J connectivity index is 2.00. The van der Waals surface area contributed by atoms with Crippen LogP contribution >= 0.6 is 0 Å². The minimum absolute atomic E-state index is 0.0346. The van der Waals surface area contributed by atoms with Gasteiger partial charge < -0.3 is 4.98 Å². The maximum absolute atomic E-state index is 12.3. The highest BCUT2D eigenvalue weighted by atomic mass is 16.1. The van der Waals surface area contributed by atoms with Crippen LogP contribution < -0.4 is 0 Å². The number of nitriles is 1. The molecule has 0 saturated heterocycles. The Morgan fingerprint density at radius 2 is 1.74 bits per heavy atom. The Morgan fingerprint density at radius 3 is 2.47 bits per heavy atom. The van der Waals surface area contributed by atoms with Gasteiger partial charge in [-0.2, -0.15) is 5.26 Å². The number of hydrogen-bond donors (Lipinski definition) is 1. The van der Waals surface area contributed by atoms with Gasteiger partial charge in [0.05, 0.1) is 11.6 Å². The van der Waals surface area contributed by atoms with E-state index in [1.807, 2.05) is 30.5 Å². The largest absolute Gasteiger partial charge is 0.361 e. The summed E-state index contributed by atoms with van der Waals surface area (Å²) < 4.78 is 0. The normalized spacial score (nSPS) is 10.3. The molecule has 1 N–H and O–H groups in total. The van der Waals surface area contributed by atoms with Crippen LogP contribution in [0.2, 0.25) is 0 Å². The molecule has 3 nitrogen and oxygen atoms in total. The lowest BCUT2D eigenvalue weighted by atomic mass is 10.0. The first-order valence-corrected chi connectivity index (χ1v) is 5.90. The fourth-order valence-electron chi connectivity index (χ4n) is 2.06. The molecule has 0 unspecified atom stereocenters. The fourth-order valence-corrected chi connectivity index (χ4v) is 2.06. The average molecular weight is 246 g/mol. The van der Waals surface area contributed by atoms with E-state index in [4.69, 9.17) is 5.26 Å². The zero-order chi connectivity index (χ0) is 13.2. The Labute approximate surface area is 110 Å². The van der Waals surface area contributed by atoms with E-state index in [0.29, 0.717) is 16.7 Å². The van der Waals surface area contributed by atoms with E-state index in [2.05, 4.69) is 4.98 Å². The second-order valence-corrected chi connectivity index (χ2v) is 4.30. The van der Waals surface area contributed by atoms with E-state index in [1.54, 1.807) is 30.3 Å². The van der Waals surface area contributed by atoms with E-state index in [0.717, 1.165) is 10.9 Å². The first kappa shape index (κ1) is 11.2. The number of rotatable bonds is 2. The van der Waals surface area contributed by atoms with Gasteiger partial charge in [0.1, 0.15) is 0 Å². The van der Waals surface area contributed by atoms with Crippen LogP contribution in [0.4, 0.5) is 0 Å². The Bertz CT molecular complexity index is 791. The fraction of sp³-hybridized carbons (Fsp3) is 0. The van der Waals surface area contributed by atoms with Crippen LogP contribution in [0.1, 0.15) is 21.5 Å². The van der Waals surface area contributed by atoms with Crippen molar-refractivity contribution in [3.8, 4) is 6.07 Å². The van der Waals surface area contributed by atoms with Crippen LogP contribution in [-0.4, -0.2) is 10.8 Å². The first-order valence-electron chi connectivity index (χ1n) is 5.90. The van der Waals surface area contributed by atoms with Gasteiger partial charge in [-0.1, -0.05) is 0 Å². The first-order chi connectivity index (χ1) is 9.28. The second kappa shape index (κ2) is 4.43. The molecule has 0 saturated carbocycles. The van der Waals surface area contributed by atoms with E-state index in [-0.39, 0.29) is 5.78 Å². The van der Waals surface area contributed by atoms with Crippen molar-refractivity contribution in [3.63, 3.8) is 0 Å². The molecule has 3 heteroatoms. The number of carbonyl (C=O) groups is 1. The van der Waals surface area contributed by atoms with Gasteiger partial charge in [0, 0.05) is 28.2 Å². The lowest BCUT2D eigenvalue weighted by molar-refractivity contribution is 0.103. The number of aromatic nitrogens is 1. The van der Waals surface area contributed by atoms with Crippen molar-refractivity contribution >= 4 is 16.7 Å². The number of nitrogens with zero attached hydrogens (tertiary/aromatic N) is 1. The van der Waals surface area contributed by atoms with Gasteiger partial charge in [-0.25, -0.2) is 0 Å². The van der Waals surface area contributed by atoms with Gasteiger partial charge in [0.15, 0.2) is 5.78 Å². The molecule has 0 spiro atoms. The van der Waals surface area contributed by atoms with Crippen LogP contribution in [0.5, 0.6) is 0 Å². The summed E-state index contributed by atoms with van der Waals surface area (Å²) in [5.74, 6) is -0.0346. The maximum Gasteiger partial charge on any atom is 0.193 e. The minimum atomic E-state index is -0.0346. The molecule has 0 aliphatic carbocycles. The summed E-state index contributed by atoms with van der Waals surface area (Å²) in [6.45, 7) is 0. The third-order valence-corrected chi connectivity index (χ3v) is 3.09. The molecule has 0 amide bonds. The summed E-state index contributed by atoms with van der Waals surface area (Å²) in [6, 6.07) is 16.2. The van der Waals surface area contributed by atoms with Crippen LogP contribution in [0.3, 0.4) is 0 Å². The smallest absolute Gasteiger partial charge is 0.193 e. The highest BCUT2D eigenvalue weighted by Crippen LogP contribution is 2.17. The molecular formula is C16H10N2O. The summed E-state index contributed by atoms with van der Waals surface area (Å²) >= 11 is 0. The molecule has 0 aliphatic rings. The zero-order valence-corrected chi connectivity index (χ0v) is 10.1. The summed E-state index contributed by atoms with van der Waals surface area (Å²) in [4.78, 5) is 15.4. The molecule has 0 bridgehead atoms. The van der Waals surface area contributed by atoms with Gasteiger partial charge in [0.2, 0.25) is 0 Å². The van der Waals surface area contributed by atoms with Crippen molar-refractivity contribution in [1.29, 1.82) is 5.26 Å². The molecule has 3 rings (SSSR count). The molecule has 19 heavy (non-hydrogen) atoms. The number of carbonyl (C=O) groups excluding carboxylic acids is 1. The molecule has 3 aromatic rings. The average Bonchev–Trinajstić information content (AvgIpc) is 2.94. The van der Waals surface area contributed by atoms with Crippen molar-refractivity contribution in [1.82, 2.24) is 4.98 Å². The van der Waals surface area contributed by atoms with Crippen molar-refractivity contribution < 1.29 is 4.79 Å². The lowest BCUT2D eigenvalue weighted by Crippen LogP contribution is -2.00. The predicted molar refractivity (Wildman–Crippen MR) is 72.9 cm³/mol. The van der Waals surface area contributed by atoms with E-state index in [9.17, 15) is 4.79 Å². The molecular weight excluding hydrogens is 236 g/mol. The van der Waals surface area contributed by atoms with Gasteiger partial charge in [-0.3, -0.25) is 4.79 Å². The van der Waals surface area contributed by atoms with Gasteiger partial charge in [-0.15, -0.1) is 0 Å². The quantitative estimate of drug-likeness (QED) is 0.705. The molecule has 2 aromatic carbocycles. The predicted octanol–water partition coefficient (Wildman–Crippen LogP) is 3.27. The van der Waals surface area contributed by atoms with Crippen LogP contribution in [0.15, 0.2) is 54.7 Å².